The molecule has 1 aliphatic rings. The van der Waals surface area contributed by atoms with E-state index in [4.69, 9.17) is 11.5 Å². The molecule has 0 aromatic heterocycles. The minimum atomic E-state index is -0.588. The maximum Gasteiger partial charge on any atom is 0.154 e. The molecule has 0 unspecified atom stereocenters. The van der Waals surface area contributed by atoms with E-state index in [1.54, 1.807) is 12.1 Å². The Morgan fingerprint density at radius 3 is 2.88 bits per heavy atom. The van der Waals surface area contributed by atoms with Crippen LogP contribution in [0.4, 0.5) is 10.1 Å². The average Bonchev–Trinajstić information content (AvgIpc) is 2.21. The first-order chi connectivity index (χ1) is 7.51. The minimum Gasteiger partial charge on any atom is -0.399 e. The number of rotatable bonds is 1. The summed E-state index contributed by atoms with van der Waals surface area (Å²) in [5, 5.41) is 0.510. The molecule has 1 heterocycles. The Hall–Kier alpha value is -1.23. The summed E-state index contributed by atoms with van der Waals surface area (Å²) in [6, 6.07) is 4.57. The molecule has 16 heavy (non-hydrogen) atoms. The van der Waals surface area contributed by atoms with Crippen LogP contribution in [0.3, 0.4) is 0 Å². The topological polar surface area (TPSA) is 64.4 Å². The van der Waals surface area contributed by atoms with Crippen LogP contribution < -0.4 is 11.5 Å². The van der Waals surface area contributed by atoms with Gasteiger partial charge in [0.05, 0.1) is 5.54 Å². The van der Waals surface area contributed by atoms with Crippen molar-refractivity contribution in [3.63, 3.8) is 0 Å². The number of thioether (sulfide) groups is 1. The standard InChI is InChI=1S/C11H14FN3S/c1-11(4-5-16-10(14)15-11)8-6-7(13)2-3-9(8)12/h2-3,6H,4-5,13H2,1H3,(H2,14,15)/t11-/m0/s1. The van der Waals surface area contributed by atoms with E-state index in [0.717, 1.165) is 12.2 Å². The second-order valence-corrected chi connectivity index (χ2v) is 5.18. The summed E-state index contributed by atoms with van der Waals surface area (Å²) < 4.78 is 13.8. The molecule has 0 fully saturated rings. The zero-order valence-electron chi connectivity index (χ0n) is 9.03. The quantitative estimate of drug-likeness (QED) is 0.737. The van der Waals surface area contributed by atoms with Crippen LogP contribution in [0.5, 0.6) is 0 Å². The van der Waals surface area contributed by atoms with Gasteiger partial charge < -0.3 is 11.5 Å². The molecule has 0 saturated heterocycles. The summed E-state index contributed by atoms with van der Waals surface area (Å²) in [5.74, 6) is 0.570. The Balaban J connectivity index is 2.50. The third kappa shape index (κ3) is 2.00. The van der Waals surface area contributed by atoms with Crippen LogP contribution >= 0.6 is 11.8 Å². The molecule has 0 amide bonds. The summed E-state index contributed by atoms with van der Waals surface area (Å²) >= 11 is 1.50. The average molecular weight is 239 g/mol. The van der Waals surface area contributed by atoms with Crippen LogP contribution in [0, 0.1) is 5.82 Å². The van der Waals surface area contributed by atoms with E-state index in [1.165, 1.54) is 17.8 Å². The van der Waals surface area contributed by atoms with Gasteiger partial charge in [-0.3, -0.25) is 4.99 Å². The summed E-state index contributed by atoms with van der Waals surface area (Å²) in [5.41, 5.74) is 11.9. The Morgan fingerprint density at radius 2 is 2.19 bits per heavy atom. The molecule has 0 spiro atoms. The number of amidine groups is 1. The lowest BCUT2D eigenvalue weighted by atomic mass is 9.89. The monoisotopic (exact) mass is 239 g/mol. The molecule has 1 atom stereocenters. The zero-order valence-corrected chi connectivity index (χ0v) is 9.85. The van der Waals surface area contributed by atoms with E-state index < -0.39 is 5.54 Å². The number of hydrogen-bond acceptors (Lipinski definition) is 4. The van der Waals surface area contributed by atoms with Gasteiger partial charge in [0, 0.05) is 17.0 Å². The van der Waals surface area contributed by atoms with Crippen LogP contribution in [0.1, 0.15) is 18.9 Å². The van der Waals surface area contributed by atoms with E-state index in [0.29, 0.717) is 16.4 Å². The van der Waals surface area contributed by atoms with Crippen LogP contribution in [-0.4, -0.2) is 10.9 Å². The Kier molecular flexibility index (Phi) is 2.80. The van der Waals surface area contributed by atoms with Crippen molar-refractivity contribution < 1.29 is 4.39 Å². The first-order valence-electron chi connectivity index (χ1n) is 5.05. The number of nitrogens with zero attached hydrogens (tertiary/aromatic N) is 1. The SMILES string of the molecule is C[C@@]1(c2cc(N)ccc2F)CCSC(N)=N1. The molecule has 0 bridgehead atoms. The third-order valence-corrected chi connectivity index (χ3v) is 3.56. The number of benzene rings is 1. The summed E-state index contributed by atoms with van der Waals surface area (Å²) in [4.78, 5) is 4.35. The van der Waals surface area contributed by atoms with Gasteiger partial charge in [0.15, 0.2) is 5.17 Å². The lowest BCUT2D eigenvalue weighted by Crippen LogP contribution is -2.29. The number of nitrogen functional groups attached to an aromatic ring is 1. The van der Waals surface area contributed by atoms with Crippen molar-refractivity contribution in [2.45, 2.75) is 18.9 Å². The Morgan fingerprint density at radius 1 is 1.44 bits per heavy atom. The molecule has 2 rings (SSSR count). The molecule has 0 saturated carbocycles. The summed E-state index contributed by atoms with van der Waals surface area (Å²) in [6.07, 6.45) is 0.763. The summed E-state index contributed by atoms with van der Waals surface area (Å²) in [6.45, 7) is 1.89. The normalized spacial score (nSPS) is 25.2. The number of aliphatic imine (C=N–C) groups is 1. The second kappa shape index (κ2) is 3.97. The molecule has 5 heteroatoms. The molecule has 86 valence electrons. The highest BCUT2D eigenvalue weighted by Crippen LogP contribution is 2.36. The van der Waals surface area contributed by atoms with Crippen LogP contribution in [-0.2, 0) is 5.54 Å². The van der Waals surface area contributed by atoms with Gasteiger partial charge in [-0.2, -0.15) is 0 Å². The maximum absolute atomic E-state index is 13.8. The van der Waals surface area contributed by atoms with Gasteiger partial charge in [-0.25, -0.2) is 4.39 Å². The van der Waals surface area contributed by atoms with E-state index in [-0.39, 0.29) is 5.82 Å². The fourth-order valence-corrected chi connectivity index (χ4v) is 2.81. The Bertz CT molecular complexity index is 447. The zero-order chi connectivity index (χ0) is 11.8. The van der Waals surface area contributed by atoms with Crippen LogP contribution in [0.15, 0.2) is 23.2 Å². The molecule has 4 N–H and O–H groups in total. The smallest absolute Gasteiger partial charge is 0.154 e. The fourth-order valence-electron chi connectivity index (χ4n) is 1.84. The fraction of sp³-hybridized carbons (Fsp3) is 0.364. The van der Waals surface area contributed by atoms with E-state index in [1.807, 2.05) is 6.92 Å². The molecule has 1 aromatic rings. The van der Waals surface area contributed by atoms with E-state index in [9.17, 15) is 4.39 Å². The molecule has 1 aliphatic heterocycles. The number of hydrogen-bond donors (Lipinski definition) is 2. The molecule has 0 radical (unpaired) electrons. The lowest BCUT2D eigenvalue weighted by molar-refractivity contribution is 0.450. The maximum atomic E-state index is 13.8. The van der Waals surface area contributed by atoms with Gasteiger partial charge in [-0.1, -0.05) is 11.8 Å². The molecular weight excluding hydrogens is 225 g/mol. The summed E-state index contributed by atoms with van der Waals surface area (Å²) in [7, 11) is 0. The van der Waals surface area contributed by atoms with Gasteiger partial charge in [-0.15, -0.1) is 0 Å². The third-order valence-electron chi connectivity index (χ3n) is 2.77. The first kappa shape index (κ1) is 11.3. The van der Waals surface area contributed by atoms with Crippen LogP contribution in [0.2, 0.25) is 0 Å². The number of nitrogens with two attached hydrogens (primary N) is 2. The van der Waals surface area contributed by atoms with Crippen LogP contribution in [0.25, 0.3) is 0 Å². The number of anilines is 1. The van der Waals surface area contributed by atoms with Crippen molar-refractivity contribution in [1.29, 1.82) is 0 Å². The van der Waals surface area contributed by atoms with Gasteiger partial charge in [0.2, 0.25) is 0 Å². The van der Waals surface area contributed by atoms with Gasteiger partial charge in [0.1, 0.15) is 5.82 Å². The Labute approximate surface area is 98.1 Å². The largest absolute Gasteiger partial charge is 0.399 e. The van der Waals surface area contributed by atoms with Crippen molar-refractivity contribution in [2.75, 3.05) is 11.5 Å². The van der Waals surface area contributed by atoms with Crippen molar-refractivity contribution >= 4 is 22.6 Å². The minimum absolute atomic E-state index is 0.278. The highest BCUT2D eigenvalue weighted by molar-refractivity contribution is 8.13. The van der Waals surface area contributed by atoms with E-state index >= 15 is 0 Å². The van der Waals surface area contributed by atoms with E-state index in [2.05, 4.69) is 4.99 Å². The number of halogens is 1. The predicted molar refractivity (Wildman–Crippen MR) is 66.9 cm³/mol. The lowest BCUT2D eigenvalue weighted by Gasteiger charge is -2.30. The highest BCUT2D eigenvalue weighted by Gasteiger charge is 2.32. The van der Waals surface area contributed by atoms with Crippen molar-refractivity contribution in [2.24, 2.45) is 10.7 Å². The van der Waals surface area contributed by atoms with Crippen molar-refractivity contribution in [3.05, 3.63) is 29.6 Å². The predicted octanol–water partition coefficient (Wildman–Crippen LogP) is 2.07. The van der Waals surface area contributed by atoms with Gasteiger partial charge in [0.25, 0.3) is 0 Å². The molecular formula is C11H14FN3S. The molecule has 1 aromatic carbocycles. The van der Waals surface area contributed by atoms with Gasteiger partial charge >= 0.3 is 0 Å². The van der Waals surface area contributed by atoms with Gasteiger partial charge in [-0.05, 0) is 31.5 Å². The molecule has 0 aliphatic carbocycles. The molecule has 3 nitrogen and oxygen atoms in total. The highest BCUT2D eigenvalue weighted by atomic mass is 32.2. The second-order valence-electron chi connectivity index (χ2n) is 4.06. The first-order valence-corrected chi connectivity index (χ1v) is 6.03. The van der Waals surface area contributed by atoms with Crippen molar-refractivity contribution in [1.82, 2.24) is 0 Å². The van der Waals surface area contributed by atoms with Crippen molar-refractivity contribution in [3.8, 4) is 0 Å².